The number of allylic oxidation sites excluding steroid dienone is 1. The zero-order chi connectivity index (χ0) is 20.0. The molecule has 144 valence electrons. The zero-order valence-corrected chi connectivity index (χ0v) is 17.3. The van der Waals surface area contributed by atoms with Crippen molar-refractivity contribution in [2.45, 2.75) is 42.6 Å². The number of nitriles is 1. The minimum Gasteiger partial charge on any atom is -0.298 e. The van der Waals surface area contributed by atoms with Crippen molar-refractivity contribution in [2.75, 3.05) is 13.1 Å². The molecule has 0 fully saturated rings. The highest BCUT2D eigenvalue weighted by Crippen LogP contribution is 2.28. The summed E-state index contributed by atoms with van der Waals surface area (Å²) < 4.78 is 28.9. The SMILES string of the molecule is C=CCn1c(S[C@H](C)C#N)nnc1-c1cccc(S(=O)(=O)N(CC)CC)c1. The Morgan fingerprint density at radius 2 is 2.07 bits per heavy atom. The molecule has 0 saturated heterocycles. The normalized spacial score (nSPS) is 12.7. The predicted molar refractivity (Wildman–Crippen MR) is 107 cm³/mol. The molecule has 0 radical (unpaired) electrons. The van der Waals surface area contributed by atoms with Gasteiger partial charge < -0.3 is 0 Å². The van der Waals surface area contributed by atoms with Gasteiger partial charge in [-0.25, -0.2) is 8.42 Å². The predicted octanol–water partition coefficient (Wildman–Crippen LogP) is 3.17. The molecule has 0 bridgehead atoms. The van der Waals surface area contributed by atoms with Gasteiger partial charge in [-0.2, -0.15) is 9.57 Å². The summed E-state index contributed by atoms with van der Waals surface area (Å²) in [7, 11) is -3.57. The standard InChI is InChI=1S/C18H23N5O2S2/c1-5-11-23-17(20-21-18(23)26-14(4)13-19)15-9-8-10-16(12-15)27(24,25)22(6-2)7-3/h5,8-10,12,14H,1,6-7,11H2,2-4H3/t14-/m1/s1. The van der Waals surface area contributed by atoms with Crippen molar-refractivity contribution in [2.24, 2.45) is 0 Å². The first kappa shape index (κ1) is 21.2. The lowest BCUT2D eigenvalue weighted by Crippen LogP contribution is -2.30. The molecule has 0 aliphatic heterocycles. The highest BCUT2D eigenvalue weighted by molar-refractivity contribution is 8.00. The maximum absolute atomic E-state index is 12.8. The third-order valence-corrected chi connectivity index (χ3v) is 6.95. The van der Waals surface area contributed by atoms with E-state index in [0.717, 1.165) is 0 Å². The zero-order valence-electron chi connectivity index (χ0n) is 15.7. The van der Waals surface area contributed by atoms with Crippen molar-refractivity contribution < 1.29 is 8.42 Å². The number of aromatic nitrogens is 3. The minimum absolute atomic E-state index is 0.219. The number of hydrogen-bond acceptors (Lipinski definition) is 6. The van der Waals surface area contributed by atoms with Crippen molar-refractivity contribution in [1.29, 1.82) is 5.26 Å². The topological polar surface area (TPSA) is 91.9 Å². The van der Waals surface area contributed by atoms with Crippen molar-refractivity contribution in [3.8, 4) is 17.5 Å². The fraction of sp³-hybridized carbons (Fsp3) is 0.389. The second-order valence-corrected chi connectivity index (χ2v) is 8.96. The van der Waals surface area contributed by atoms with E-state index in [1.54, 1.807) is 37.3 Å². The van der Waals surface area contributed by atoms with Crippen LogP contribution in [0.2, 0.25) is 0 Å². The summed E-state index contributed by atoms with van der Waals surface area (Å²) in [5.41, 5.74) is 0.647. The van der Waals surface area contributed by atoms with Gasteiger partial charge in [-0.3, -0.25) is 4.57 Å². The van der Waals surface area contributed by atoms with Crippen LogP contribution < -0.4 is 0 Å². The van der Waals surface area contributed by atoms with E-state index in [9.17, 15) is 8.42 Å². The first-order valence-corrected chi connectivity index (χ1v) is 10.9. The summed E-state index contributed by atoms with van der Waals surface area (Å²) in [6, 6.07) is 8.85. The third-order valence-electron chi connectivity index (χ3n) is 3.93. The Morgan fingerprint density at radius 1 is 1.37 bits per heavy atom. The molecule has 1 aromatic carbocycles. The quantitative estimate of drug-likeness (QED) is 0.470. The summed E-state index contributed by atoms with van der Waals surface area (Å²) in [6.45, 7) is 10.4. The Labute approximate surface area is 164 Å². The van der Waals surface area contributed by atoms with Crippen LogP contribution in [0.3, 0.4) is 0 Å². The second-order valence-electron chi connectivity index (χ2n) is 5.71. The molecular weight excluding hydrogens is 382 g/mol. The van der Waals surface area contributed by atoms with Crippen molar-refractivity contribution in [3.05, 3.63) is 36.9 Å². The van der Waals surface area contributed by atoms with Gasteiger partial charge in [-0.1, -0.05) is 43.8 Å². The van der Waals surface area contributed by atoms with Gasteiger partial charge in [-0.15, -0.1) is 16.8 Å². The number of sulfonamides is 1. The Bertz CT molecular complexity index is 943. The van der Waals surface area contributed by atoms with Gasteiger partial charge in [0, 0.05) is 25.2 Å². The molecule has 0 spiro atoms. The first-order valence-electron chi connectivity index (χ1n) is 8.59. The lowest BCUT2D eigenvalue weighted by molar-refractivity contribution is 0.445. The minimum atomic E-state index is -3.57. The molecule has 1 atom stereocenters. The summed E-state index contributed by atoms with van der Waals surface area (Å²) >= 11 is 1.30. The van der Waals surface area contributed by atoms with Crippen molar-refractivity contribution >= 4 is 21.8 Å². The molecule has 0 unspecified atom stereocenters. The molecule has 1 heterocycles. The third kappa shape index (κ3) is 4.58. The number of thioether (sulfide) groups is 1. The van der Waals surface area contributed by atoms with E-state index in [2.05, 4.69) is 22.8 Å². The van der Waals surface area contributed by atoms with Crippen LogP contribution in [0.25, 0.3) is 11.4 Å². The Balaban J connectivity index is 2.51. The van der Waals surface area contributed by atoms with Crippen molar-refractivity contribution in [1.82, 2.24) is 19.1 Å². The van der Waals surface area contributed by atoms with Crippen LogP contribution in [0.15, 0.2) is 47.0 Å². The number of rotatable bonds is 9. The molecular formula is C18H23N5O2S2. The summed E-state index contributed by atoms with van der Waals surface area (Å²) in [5, 5.41) is 17.8. The van der Waals surface area contributed by atoms with Gasteiger partial charge >= 0.3 is 0 Å². The van der Waals surface area contributed by atoms with Crippen LogP contribution in [-0.4, -0.2) is 45.8 Å². The Hall–Kier alpha value is -2.15. The average Bonchev–Trinajstić information content (AvgIpc) is 3.05. The van der Waals surface area contributed by atoms with E-state index in [1.807, 2.05) is 18.4 Å². The summed E-state index contributed by atoms with van der Waals surface area (Å²) in [4.78, 5) is 0.219. The molecule has 0 amide bonds. The van der Waals surface area contributed by atoms with Gasteiger partial charge in [0.25, 0.3) is 0 Å². The van der Waals surface area contributed by atoms with E-state index in [1.165, 1.54) is 16.1 Å². The van der Waals surface area contributed by atoms with E-state index in [0.29, 0.717) is 36.2 Å². The highest BCUT2D eigenvalue weighted by atomic mass is 32.2. The number of nitrogens with zero attached hydrogens (tertiary/aromatic N) is 5. The Morgan fingerprint density at radius 3 is 2.67 bits per heavy atom. The molecule has 0 N–H and O–H groups in total. The van der Waals surface area contributed by atoms with Crippen LogP contribution in [0.1, 0.15) is 20.8 Å². The van der Waals surface area contributed by atoms with Crippen molar-refractivity contribution in [3.63, 3.8) is 0 Å². The molecule has 9 heteroatoms. The van der Waals surface area contributed by atoms with E-state index in [4.69, 9.17) is 5.26 Å². The Kier molecular flexibility index (Phi) is 7.18. The van der Waals surface area contributed by atoms with E-state index in [-0.39, 0.29) is 10.1 Å². The smallest absolute Gasteiger partial charge is 0.243 e. The summed E-state index contributed by atoms with van der Waals surface area (Å²) in [6.07, 6.45) is 1.71. The van der Waals surface area contributed by atoms with E-state index < -0.39 is 10.0 Å². The van der Waals surface area contributed by atoms with Gasteiger partial charge in [-0.05, 0) is 19.1 Å². The lowest BCUT2D eigenvalue weighted by Gasteiger charge is -2.18. The molecule has 1 aromatic heterocycles. The fourth-order valence-corrected chi connectivity index (χ4v) is 4.83. The van der Waals surface area contributed by atoms with Gasteiger partial charge in [0.2, 0.25) is 10.0 Å². The van der Waals surface area contributed by atoms with Crippen LogP contribution in [0.5, 0.6) is 0 Å². The van der Waals surface area contributed by atoms with Gasteiger partial charge in [0.05, 0.1) is 16.2 Å². The molecule has 0 aliphatic rings. The van der Waals surface area contributed by atoms with Crippen LogP contribution in [-0.2, 0) is 16.6 Å². The molecule has 2 aromatic rings. The molecule has 27 heavy (non-hydrogen) atoms. The fourth-order valence-electron chi connectivity index (χ4n) is 2.58. The number of hydrogen-bond donors (Lipinski definition) is 0. The maximum atomic E-state index is 12.8. The van der Waals surface area contributed by atoms with Gasteiger partial charge in [0.15, 0.2) is 11.0 Å². The number of benzene rings is 1. The largest absolute Gasteiger partial charge is 0.298 e. The molecule has 2 rings (SSSR count). The molecule has 7 nitrogen and oxygen atoms in total. The first-order chi connectivity index (χ1) is 12.9. The molecule has 0 saturated carbocycles. The summed E-state index contributed by atoms with van der Waals surface area (Å²) in [5.74, 6) is 0.541. The van der Waals surface area contributed by atoms with E-state index >= 15 is 0 Å². The van der Waals surface area contributed by atoms with Crippen LogP contribution in [0.4, 0.5) is 0 Å². The second kappa shape index (κ2) is 9.17. The highest BCUT2D eigenvalue weighted by Gasteiger charge is 2.23. The lowest BCUT2D eigenvalue weighted by atomic mass is 10.2. The van der Waals surface area contributed by atoms with Crippen LogP contribution in [0, 0.1) is 11.3 Å². The monoisotopic (exact) mass is 405 g/mol. The maximum Gasteiger partial charge on any atom is 0.243 e. The van der Waals surface area contributed by atoms with Gasteiger partial charge in [0.1, 0.15) is 0 Å². The average molecular weight is 406 g/mol. The van der Waals surface area contributed by atoms with Crippen LogP contribution >= 0.6 is 11.8 Å². The molecule has 0 aliphatic carbocycles.